The third kappa shape index (κ3) is 1.87. The van der Waals surface area contributed by atoms with Crippen LogP contribution in [-0.2, 0) is 0 Å². The molecule has 2 rings (SSSR count). The topological polar surface area (TPSA) is 38.5 Å². The van der Waals surface area contributed by atoms with Gasteiger partial charge in [0.2, 0.25) is 0 Å². The summed E-state index contributed by atoms with van der Waals surface area (Å²) in [6.45, 7) is 7.41. The fourth-order valence-electron chi connectivity index (χ4n) is 1.98. The summed E-state index contributed by atoms with van der Waals surface area (Å²) in [6, 6.07) is 6.35. The van der Waals surface area contributed by atoms with Crippen LogP contribution in [0.25, 0.3) is 0 Å². The minimum absolute atomic E-state index is 0.224. The Hall–Kier alpha value is -1.38. The Morgan fingerprint density at radius 1 is 1.47 bits per heavy atom. The van der Waals surface area contributed by atoms with Crippen molar-refractivity contribution in [2.24, 2.45) is 0 Å². The first kappa shape index (κ1) is 10.1. The molecule has 0 bridgehead atoms. The molecule has 82 valence electrons. The second-order valence-electron chi connectivity index (χ2n) is 4.40. The molecule has 1 aliphatic heterocycles. The van der Waals surface area contributed by atoms with Crippen LogP contribution in [0.2, 0.25) is 0 Å². The van der Waals surface area contributed by atoms with Crippen molar-refractivity contribution >= 4 is 11.4 Å². The third-order valence-corrected chi connectivity index (χ3v) is 2.70. The number of benzene rings is 1. The highest BCUT2D eigenvalue weighted by Crippen LogP contribution is 2.35. The van der Waals surface area contributed by atoms with Gasteiger partial charge >= 0.3 is 0 Å². The van der Waals surface area contributed by atoms with Crippen molar-refractivity contribution in [1.29, 1.82) is 0 Å². The summed E-state index contributed by atoms with van der Waals surface area (Å²) in [5.74, 6) is 0.905. The number of nitrogen functional groups attached to an aromatic ring is 1. The van der Waals surface area contributed by atoms with Crippen LogP contribution in [0.15, 0.2) is 18.2 Å². The predicted octanol–water partition coefficient (Wildman–Crippen LogP) is 2.26. The highest BCUT2D eigenvalue weighted by molar-refractivity contribution is 5.65. The zero-order chi connectivity index (χ0) is 11.0. The van der Waals surface area contributed by atoms with Crippen LogP contribution in [0.1, 0.15) is 20.8 Å². The Labute approximate surface area is 90.8 Å². The van der Waals surface area contributed by atoms with Gasteiger partial charge in [-0.3, -0.25) is 0 Å². The molecule has 0 saturated carbocycles. The van der Waals surface area contributed by atoms with Crippen molar-refractivity contribution in [3.05, 3.63) is 18.2 Å². The molecule has 0 amide bonds. The minimum atomic E-state index is 0.224. The molecule has 0 radical (unpaired) electrons. The monoisotopic (exact) mass is 206 g/mol. The molecule has 1 heterocycles. The molecule has 0 fully saturated rings. The van der Waals surface area contributed by atoms with Gasteiger partial charge in [-0.15, -0.1) is 0 Å². The summed E-state index contributed by atoms with van der Waals surface area (Å²) >= 11 is 0. The predicted molar refractivity (Wildman–Crippen MR) is 63.4 cm³/mol. The molecule has 0 spiro atoms. The smallest absolute Gasteiger partial charge is 0.145 e. The van der Waals surface area contributed by atoms with E-state index in [2.05, 4.69) is 25.7 Å². The van der Waals surface area contributed by atoms with Crippen molar-refractivity contribution in [3.8, 4) is 5.75 Å². The maximum absolute atomic E-state index is 5.77. The SMILES string of the molecule is CC1CN(C(C)C)c2ccc(N)cc2O1. The van der Waals surface area contributed by atoms with Crippen molar-refractivity contribution in [1.82, 2.24) is 0 Å². The van der Waals surface area contributed by atoms with E-state index < -0.39 is 0 Å². The lowest BCUT2D eigenvalue weighted by atomic mass is 10.1. The number of hydrogen-bond donors (Lipinski definition) is 1. The molecule has 0 aliphatic carbocycles. The van der Waals surface area contributed by atoms with E-state index in [4.69, 9.17) is 10.5 Å². The molecule has 1 atom stereocenters. The Kier molecular flexibility index (Phi) is 2.47. The van der Waals surface area contributed by atoms with Crippen LogP contribution in [0.4, 0.5) is 11.4 Å². The van der Waals surface area contributed by atoms with Crippen LogP contribution in [-0.4, -0.2) is 18.7 Å². The Morgan fingerprint density at radius 3 is 2.87 bits per heavy atom. The van der Waals surface area contributed by atoms with Crippen LogP contribution in [0, 0.1) is 0 Å². The highest BCUT2D eigenvalue weighted by atomic mass is 16.5. The number of rotatable bonds is 1. The third-order valence-electron chi connectivity index (χ3n) is 2.70. The van der Waals surface area contributed by atoms with E-state index >= 15 is 0 Å². The molecule has 0 saturated heterocycles. The van der Waals surface area contributed by atoms with Gasteiger partial charge in [-0.05, 0) is 32.9 Å². The summed E-state index contributed by atoms with van der Waals surface area (Å²) < 4.78 is 5.77. The number of hydrogen-bond acceptors (Lipinski definition) is 3. The molecule has 1 aliphatic rings. The van der Waals surface area contributed by atoms with Gasteiger partial charge in [0, 0.05) is 17.8 Å². The van der Waals surface area contributed by atoms with Gasteiger partial charge in [-0.2, -0.15) is 0 Å². The second-order valence-corrected chi connectivity index (χ2v) is 4.40. The molecule has 3 heteroatoms. The van der Waals surface area contributed by atoms with E-state index in [0.29, 0.717) is 6.04 Å². The van der Waals surface area contributed by atoms with Crippen molar-refractivity contribution in [2.45, 2.75) is 32.9 Å². The lowest BCUT2D eigenvalue weighted by Crippen LogP contribution is -2.42. The van der Waals surface area contributed by atoms with E-state index in [1.165, 1.54) is 0 Å². The maximum Gasteiger partial charge on any atom is 0.145 e. The number of ether oxygens (including phenoxy) is 1. The summed E-state index contributed by atoms with van der Waals surface area (Å²) in [5, 5.41) is 0. The molecule has 1 aromatic rings. The minimum Gasteiger partial charge on any atom is -0.487 e. The number of nitrogens with two attached hydrogens (primary N) is 1. The van der Waals surface area contributed by atoms with Crippen LogP contribution >= 0.6 is 0 Å². The zero-order valence-corrected chi connectivity index (χ0v) is 9.53. The van der Waals surface area contributed by atoms with Crippen molar-refractivity contribution in [3.63, 3.8) is 0 Å². The maximum atomic E-state index is 5.77. The Bertz CT molecular complexity index is 363. The van der Waals surface area contributed by atoms with E-state index in [-0.39, 0.29) is 6.10 Å². The first-order valence-electron chi connectivity index (χ1n) is 5.40. The van der Waals surface area contributed by atoms with Crippen molar-refractivity contribution in [2.75, 3.05) is 17.2 Å². The van der Waals surface area contributed by atoms with E-state index in [0.717, 1.165) is 23.7 Å². The van der Waals surface area contributed by atoms with Crippen molar-refractivity contribution < 1.29 is 4.74 Å². The summed E-state index contributed by atoms with van der Waals surface area (Å²) in [7, 11) is 0. The van der Waals surface area contributed by atoms with Gasteiger partial charge < -0.3 is 15.4 Å². The first-order valence-corrected chi connectivity index (χ1v) is 5.40. The van der Waals surface area contributed by atoms with Crippen LogP contribution in [0.5, 0.6) is 5.75 Å². The van der Waals surface area contributed by atoms with Gasteiger partial charge in [0.15, 0.2) is 0 Å². The Balaban J connectivity index is 2.42. The molecule has 1 aromatic carbocycles. The summed E-state index contributed by atoms with van der Waals surface area (Å²) in [5.41, 5.74) is 7.66. The molecule has 0 aromatic heterocycles. The molecule has 2 N–H and O–H groups in total. The lowest BCUT2D eigenvalue weighted by molar-refractivity contribution is 0.209. The fourth-order valence-corrected chi connectivity index (χ4v) is 1.98. The van der Waals surface area contributed by atoms with Gasteiger partial charge in [0.25, 0.3) is 0 Å². The Morgan fingerprint density at radius 2 is 2.20 bits per heavy atom. The fraction of sp³-hybridized carbons (Fsp3) is 0.500. The number of nitrogens with zero attached hydrogens (tertiary/aromatic N) is 1. The number of anilines is 2. The summed E-state index contributed by atoms with van der Waals surface area (Å²) in [6.07, 6.45) is 0.224. The first-order chi connectivity index (χ1) is 7.08. The van der Waals surface area contributed by atoms with Gasteiger partial charge in [0.1, 0.15) is 11.9 Å². The summed E-state index contributed by atoms with van der Waals surface area (Å²) in [4.78, 5) is 2.35. The molecule has 3 nitrogen and oxygen atoms in total. The average molecular weight is 206 g/mol. The van der Waals surface area contributed by atoms with Gasteiger partial charge in [-0.1, -0.05) is 0 Å². The van der Waals surface area contributed by atoms with E-state index in [9.17, 15) is 0 Å². The standard InChI is InChI=1S/C12H18N2O/c1-8(2)14-7-9(3)15-12-6-10(13)4-5-11(12)14/h4-6,8-9H,7,13H2,1-3H3. The normalized spacial score (nSPS) is 20.0. The van der Waals surface area contributed by atoms with Crippen LogP contribution in [0.3, 0.4) is 0 Å². The molecule has 1 unspecified atom stereocenters. The molecular formula is C12H18N2O. The highest BCUT2D eigenvalue weighted by Gasteiger charge is 2.24. The van der Waals surface area contributed by atoms with E-state index in [1.807, 2.05) is 18.2 Å². The molecule has 15 heavy (non-hydrogen) atoms. The quantitative estimate of drug-likeness (QED) is 0.716. The lowest BCUT2D eigenvalue weighted by Gasteiger charge is -2.37. The second kappa shape index (κ2) is 3.65. The zero-order valence-electron chi connectivity index (χ0n) is 9.53. The number of fused-ring (bicyclic) bond motifs is 1. The molecular weight excluding hydrogens is 188 g/mol. The van der Waals surface area contributed by atoms with E-state index in [1.54, 1.807) is 0 Å². The van der Waals surface area contributed by atoms with Gasteiger partial charge in [-0.25, -0.2) is 0 Å². The van der Waals surface area contributed by atoms with Crippen LogP contribution < -0.4 is 15.4 Å². The van der Waals surface area contributed by atoms with Gasteiger partial charge in [0.05, 0.1) is 12.2 Å². The average Bonchev–Trinajstić information content (AvgIpc) is 2.15. The largest absolute Gasteiger partial charge is 0.487 e.